The highest BCUT2D eigenvalue weighted by Gasteiger charge is 2.50. The molecule has 0 amide bonds. The number of nitrogens with zero attached hydrogens (tertiary/aromatic N) is 3. The van der Waals surface area contributed by atoms with E-state index in [0.717, 1.165) is 36.7 Å². The van der Waals surface area contributed by atoms with E-state index in [2.05, 4.69) is 9.88 Å². The second kappa shape index (κ2) is 8.67. The normalized spacial score (nSPS) is 16.7. The van der Waals surface area contributed by atoms with Crippen LogP contribution in [-0.4, -0.2) is 65.1 Å². The molecule has 4 aromatic rings. The second-order valence-corrected chi connectivity index (χ2v) is 9.98. The van der Waals surface area contributed by atoms with Crippen LogP contribution in [0.1, 0.15) is 6.42 Å². The minimum Gasteiger partial charge on any atom is -0.508 e. The predicted octanol–water partition coefficient (Wildman–Crippen LogP) is 3.68. The Kier molecular flexibility index (Phi) is 5.47. The summed E-state index contributed by atoms with van der Waals surface area (Å²) in [5.41, 5.74) is 2.32. The van der Waals surface area contributed by atoms with Gasteiger partial charge >= 0.3 is 0 Å². The molecule has 180 valence electrons. The smallest absolute Gasteiger partial charge is 0.275 e. The molecule has 9 heteroatoms. The third-order valence-corrected chi connectivity index (χ3v) is 8.05. The minimum absolute atomic E-state index is 0.147. The van der Waals surface area contributed by atoms with Gasteiger partial charge in [0, 0.05) is 24.0 Å². The summed E-state index contributed by atoms with van der Waals surface area (Å²) in [7, 11) is 1.59. The highest BCUT2D eigenvalue weighted by molar-refractivity contribution is 7.22. The van der Waals surface area contributed by atoms with Crippen molar-refractivity contribution in [1.29, 1.82) is 0 Å². The van der Waals surface area contributed by atoms with Gasteiger partial charge in [-0.25, -0.2) is 4.98 Å². The Morgan fingerprint density at radius 1 is 1.14 bits per heavy atom. The number of aromatic nitrogens is 2. The largest absolute Gasteiger partial charge is 0.508 e. The number of phenolic OH excluding ortho intramolecular Hbond substituents is 1. The molecule has 0 atom stereocenters. The van der Waals surface area contributed by atoms with E-state index in [-0.39, 0.29) is 16.8 Å². The van der Waals surface area contributed by atoms with Crippen LogP contribution in [0.5, 0.6) is 17.2 Å². The van der Waals surface area contributed by atoms with Crippen molar-refractivity contribution in [3.63, 3.8) is 0 Å². The zero-order valence-corrected chi connectivity index (χ0v) is 20.1. The van der Waals surface area contributed by atoms with Crippen LogP contribution in [-0.2, 0) is 4.74 Å². The highest BCUT2D eigenvalue weighted by Crippen LogP contribution is 2.37. The number of thiophene rings is 1. The van der Waals surface area contributed by atoms with Crippen LogP contribution < -0.4 is 15.0 Å². The standard InChI is InChI=1S/C26H25N3O5S/c1-32-22-12-18(4-7-21(22)34-11-10-28-9-8-26(28)14-33-15-26)29-16-27-20-13-23(35-24(20)25(29)31)17-2-5-19(30)6-3-17/h2-7,12-13,16,30H,8-11,14-15H2,1H3. The Labute approximate surface area is 205 Å². The number of benzene rings is 2. The van der Waals surface area contributed by atoms with E-state index in [9.17, 15) is 9.90 Å². The Morgan fingerprint density at radius 3 is 2.66 bits per heavy atom. The van der Waals surface area contributed by atoms with Crippen molar-refractivity contribution in [2.75, 3.05) is 40.0 Å². The van der Waals surface area contributed by atoms with Crippen molar-refractivity contribution in [2.45, 2.75) is 12.0 Å². The molecule has 0 bridgehead atoms. The molecule has 2 aromatic carbocycles. The fourth-order valence-corrected chi connectivity index (χ4v) is 5.70. The molecule has 6 rings (SSSR count). The number of aromatic hydroxyl groups is 1. The van der Waals surface area contributed by atoms with Crippen molar-refractivity contribution < 1.29 is 19.3 Å². The van der Waals surface area contributed by atoms with Gasteiger partial charge in [-0.1, -0.05) is 0 Å². The van der Waals surface area contributed by atoms with Crippen LogP contribution in [0, 0.1) is 0 Å². The molecule has 35 heavy (non-hydrogen) atoms. The summed E-state index contributed by atoms with van der Waals surface area (Å²) in [6, 6.07) is 14.3. The molecule has 2 saturated heterocycles. The Bertz CT molecular complexity index is 1440. The van der Waals surface area contributed by atoms with E-state index >= 15 is 0 Å². The average Bonchev–Trinajstić information content (AvgIpc) is 3.26. The first-order chi connectivity index (χ1) is 17.1. The van der Waals surface area contributed by atoms with E-state index < -0.39 is 0 Å². The SMILES string of the molecule is COc1cc(-n2cnc3cc(-c4ccc(O)cc4)sc3c2=O)ccc1OCCN1CCC12COC2. The van der Waals surface area contributed by atoms with Crippen LogP contribution >= 0.6 is 11.3 Å². The van der Waals surface area contributed by atoms with Crippen LogP contribution in [0.2, 0.25) is 0 Å². The maximum absolute atomic E-state index is 13.3. The molecule has 2 aliphatic heterocycles. The molecular weight excluding hydrogens is 466 g/mol. The summed E-state index contributed by atoms with van der Waals surface area (Å²) in [5.74, 6) is 1.41. The molecule has 8 nitrogen and oxygen atoms in total. The fraction of sp³-hybridized carbons (Fsp3) is 0.308. The number of fused-ring (bicyclic) bond motifs is 1. The van der Waals surface area contributed by atoms with E-state index in [0.29, 0.717) is 34.0 Å². The summed E-state index contributed by atoms with van der Waals surface area (Å²) in [6.07, 6.45) is 2.73. The van der Waals surface area contributed by atoms with E-state index in [1.807, 2.05) is 30.3 Å². The highest BCUT2D eigenvalue weighted by atomic mass is 32.1. The van der Waals surface area contributed by atoms with Crippen molar-refractivity contribution in [3.05, 3.63) is 65.2 Å². The molecule has 4 heterocycles. The van der Waals surface area contributed by atoms with Gasteiger partial charge in [0.05, 0.1) is 37.1 Å². The first-order valence-electron chi connectivity index (χ1n) is 11.5. The second-order valence-electron chi connectivity index (χ2n) is 8.93. The number of hydrogen-bond donors (Lipinski definition) is 1. The summed E-state index contributed by atoms with van der Waals surface area (Å²) in [6.45, 7) is 4.12. The zero-order chi connectivity index (χ0) is 24.0. The Balaban J connectivity index is 1.23. The lowest BCUT2D eigenvalue weighted by molar-refractivity contribution is -0.193. The van der Waals surface area contributed by atoms with E-state index in [4.69, 9.17) is 14.2 Å². The average molecular weight is 492 g/mol. The first-order valence-corrected chi connectivity index (χ1v) is 12.3. The van der Waals surface area contributed by atoms with Crippen LogP contribution in [0.3, 0.4) is 0 Å². The summed E-state index contributed by atoms with van der Waals surface area (Å²) >= 11 is 1.39. The topological polar surface area (TPSA) is 86.0 Å². The minimum atomic E-state index is -0.147. The van der Waals surface area contributed by atoms with Gasteiger partial charge in [-0.05, 0) is 54.4 Å². The predicted molar refractivity (Wildman–Crippen MR) is 134 cm³/mol. The van der Waals surface area contributed by atoms with Gasteiger partial charge in [0.15, 0.2) is 11.5 Å². The molecule has 0 radical (unpaired) electrons. The molecule has 0 saturated carbocycles. The third-order valence-electron chi connectivity index (χ3n) is 6.89. The molecule has 2 aromatic heterocycles. The number of rotatable bonds is 7. The van der Waals surface area contributed by atoms with Crippen molar-refractivity contribution in [3.8, 4) is 33.4 Å². The summed E-state index contributed by atoms with van der Waals surface area (Å²) in [5, 5.41) is 9.54. The lowest BCUT2D eigenvalue weighted by Crippen LogP contribution is -2.71. The maximum Gasteiger partial charge on any atom is 0.275 e. The lowest BCUT2D eigenvalue weighted by atomic mass is 9.83. The fourth-order valence-electron chi connectivity index (χ4n) is 4.66. The number of ether oxygens (including phenoxy) is 3. The van der Waals surface area contributed by atoms with Gasteiger partial charge in [-0.2, -0.15) is 0 Å². The molecule has 1 N–H and O–H groups in total. The molecule has 1 spiro atoms. The van der Waals surface area contributed by atoms with Gasteiger partial charge in [0.1, 0.15) is 23.4 Å². The van der Waals surface area contributed by atoms with Gasteiger partial charge in [0.2, 0.25) is 0 Å². The molecule has 2 fully saturated rings. The molecular formula is C26H25N3O5S. The van der Waals surface area contributed by atoms with Crippen LogP contribution in [0.15, 0.2) is 59.7 Å². The number of phenols is 1. The summed E-state index contributed by atoms with van der Waals surface area (Å²) in [4.78, 5) is 21.1. The van der Waals surface area contributed by atoms with Crippen LogP contribution in [0.25, 0.3) is 26.3 Å². The molecule has 0 aliphatic carbocycles. The zero-order valence-electron chi connectivity index (χ0n) is 19.3. The van der Waals surface area contributed by atoms with Crippen molar-refractivity contribution >= 4 is 21.6 Å². The quantitative estimate of drug-likeness (QED) is 0.422. The van der Waals surface area contributed by atoms with E-state index in [1.165, 1.54) is 28.7 Å². The maximum atomic E-state index is 13.3. The monoisotopic (exact) mass is 491 g/mol. The van der Waals surface area contributed by atoms with Gasteiger partial charge < -0.3 is 19.3 Å². The van der Waals surface area contributed by atoms with Crippen LogP contribution in [0.4, 0.5) is 0 Å². The number of hydrogen-bond acceptors (Lipinski definition) is 8. The Hall–Kier alpha value is -3.40. The third kappa shape index (κ3) is 3.85. The van der Waals surface area contributed by atoms with Gasteiger partial charge in [0.25, 0.3) is 5.56 Å². The number of likely N-dealkylation sites (tertiary alicyclic amines) is 1. The molecule has 0 unspecified atom stereocenters. The lowest BCUT2D eigenvalue weighted by Gasteiger charge is -2.57. The first kappa shape index (κ1) is 22.1. The van der Waals surface area contributed by atoms with Gasteiger partial charge in [-0.15, -0.1) is 11.3 Å². The van der Waals surface area contributed by atoms with Crippen molar-refractivity contribution in [1.82, 2.24) is 14.5 Å². The summed E-state index contributed by atoms with van der Waals surface area (Å²) < 4.78 is 19.1. The van der Waals surface area contributed by atoms with E-state index in [1.54, 1.807) is 25.3 Å². The molecule has 2 aliphatic rings. The van der Waals surface area contributed by atoms with Crippen molar-refractivity contribution in [2.24, 2.45) is 0 Å². The Morgan fingerprint density at radius 2 is 1.97 bits per heavy atom. The van der Waals surface area contributed by atoms with Gasteiger partial charge in [-0.3, -0.25) is 14.3 Å². The number of methoxy groups -OCH3 is 1.